The van der Waals surface area contributed by atoms with Gasteiger partial charge in [0.05, 0.1) is 45.3 Å². The summed E-state index contributed by atoms with van der Waals surface area (Å²) in [7, 11) is 0. The molecule has 8 heteroatoms. The quantitative estimate of drug-likeness (QED) is 0.0853. The monoisotopic (exact) mass is 1380 g/mol. The number of hydrogen-bond donors (Lipinski definition) is 0. The van der Waals surface area contributed by atoms with Crippen LogP contribution in [0.5, 0.6) is 0 Å². The van der Waals surface area contributed by atoms with E-state index in [0.29, 0.717) is 0 Å². The number of anilines is 12. The highest BCUT2D eigenvalue weighted by Gasteiger charge is 2.26. The third-order valence-electron chi connectivity index (χ3n) is 20.4. The first-order chi connectivity index (χ1) is 53.6. The molecule has 4 heterocycles. The average Bonchev–Trinajstić information content (AvgIpc) is 1.57. The summed E-state index contributed by atoms with van der Waals surface area (Å²) in [6.07, 6.45) is 2.12. The Morgan fingerprint density at radius 2 is 0.463 bits per heavy atom. The zero-order valence-corrected chi connectivity index (χ0v) is 59.0. The van der Waals surface area contributed by atoms with Gasteiger partial charge in [-0.15, -0.1) is 0 Å². The number of pyridine rings is 2. The van der Waals surface area contributed by atoms with Crippen molar-refractivity contribution in [1.29, 1.82) is 0 Å². The van der Waals surface area contributed by atoms with E-state index >= 15 is 0 Å². The predicted octanol–water partition coefficient (Wildman–Crippen LogP) is 27.2. The molecule has 0 atom stereocenters. The predicted molar refractivity (Wildman–Crippen MR) is 451 cm³/mol. The van der Waals surface area contributed by atoms with Crippen molar-refractivity contribution in [3.05, 3.63) is 425 Å². The van der Waals surface area contributed by atoms with E-state index in [2.05, 4.69) is 454 Å². The van der Waals surface area contributed by atoms with E-state index < -0.39 is 0 Å². The molecule has 0 fully saturated rings. The molecule has 19 aromatic rings. The largest absolute Gasteiger partial charge is 0.310 e. The molecular weight excluding hydrogens is 1310 g/mol. The minimum absolute atomic E-state index is 0.764. The van der Waals surface area contributed by atoms with E-state index in [0.717, 1.165) is 168 Å². The van der Waals surface area contributed by atoms with Gasteiger partial charge in [0.1, 0.15) is 5.82 Å². The lowest BCUT2D eigenvalue weighted by Gasteiger charge is -2.26. The maximum absolute atomic E-state index is 5.80. The number of nitrogens with zero attached hydrogens (tertiary/aromatic N) is 8. The van der Waals surface area contributed by atoms with E-state index in [1.165, 1.54) is 0 Å². The van der Waals surface area contributed by atoms with Crippen LogP contribution in [-0.2, 0) is 0 Å². The van der Waals surface area contributed by atoms with Gasteiger partial charge in [-0.25, -0.2) is 9.97 Å². The third-order valence-corrected chi connectivity index (χ3v) is 20.4. The lowest BCUT2D eigenvalue weighted by molar-refractivity contribution is 1.06. The highest BCUT2D eigenvalue weighted by Crippen LogP contribution is 2.48. The molecule has 0 bridgehead atoms. The summed E-state index contributed by atoms with van der Waals surface area (Å²) in [6.45, 7) is 0. The maximum Gasteiger partial charge on any atom is 0.138 e. The van der Waals surface area contributed by atoms with E-state index in [1.807, 2.05) is 0 Å². The molecule has 0 aliphatic rings. The van der Waals surface area contributed by atoms with Crippen LogP contribution < -0.4 is 19.6 Å². The van der Waals surface area contributed by atoms with Crippen LogP contribution in [-0.4, -0.2) is 19.1 Å². The summed E-state index contributed by atoms with van der Waals surface area (Å²) >= 11 is 0. The normalized spacial score (nSPS) is 11.3. The van der Waals surface area contributed by atoms with Gasteiger partial charge in [0.25, 0.3) is 0 Å². The highest BCUT2D eigenvalue weighted by atomic mass is 15.2. The van der Waals surface area contributed by atoms with Crippen LogP contribution in [0, 0.1) is 0 Å². The van der Waals surface area contributed by atoms with Crippen molar-refractivity contribution in [1.82, 2.24) is 19.1 Å². The van der Waals surface area contributed by atoms with Gasteiger partial charge >= 0.3 is 0 Å². The van der Waals surface area contributed by atoms with Crippen LogP contribution in [0.4, 0.5) is 68.2 Å². The summed E-state index contributed by atoms with van der Waals surface area (Å²) in [5, 5.41) is 4.32. The molecular formula is C100H70N8. The van der Waals surface area contributed by atoms with Crippen LogP contribution >= 0.6 is 0 Å². The topological polar surface area (TPSA) is 48.6 Å². The highest BCUT2D eigenvalue weighted by molar-refractivity contribution is 6.14. The molecule has 8 nitrogen and oxygen atoms in total. The fourth-order valence-corrected chi connectivity index (χ4v) is 15.5. The van der Waals surface area contributed by atoms with Crippen molar-refractivity contribution in [2.45, 2.75) is 0 Å². The Kier molecular flexibility index (Phi) is 16.8. The summed E-state index contributed by atoms with van der Waals surface area (Å²) in [5.74, 6) is 0.764. The van der Waals surface area contributed by atoms with Gasteiger partial charge in [0, 0.05) is 106 Å². The fraction of sp³-hybridized carbons (Fsp3) is 0. The van der Waals surface area contributed by atoms with E-state index in [9.17, 15) is 0 Å². The molecule has 0 aliphatic carbocycles. The second-order valence-electron chi connectivity index (χ2n) is 27.0. The fourth-order valence-electron chi connectivity index (χ4n) is 15.5. The minimum Gasteiger partial charge on any atom is -0.310 e. The van der Waals surface area contributed by atoms with Crippen molar-refractivity contribution in [2.24, 2.45) is 0 Å². The van der Waals surface area contributed by atoms with E-state index in [-0.39, 0.29) is 0 Å². The minimum atomic E-state index is 0.764. The lowest BCUT2D eigenvalue weighted by atomic mass is 9.96. The Labute approximate surface area is 627 Å². The molecule has 0 amide bonds. The number of rotatable bonds is 18. The molecule has 0 N–H and O–H groups in total. The standard InChI is InChI=1S/C100H70N8/c1-11-32-71(33-12-1)93-63-75(64-94(102-93)72-34-13-2-14-35-72)73-36-31-37-74(62-73)88-69-100(108-97-60-56-86(105(80-46-23-7-24-47-80)81-48-25-8-26-49-81)67-91(97)92-68-87(57-61-98(92)108)106(82-50-27-9-28-51-82)83-52-29-10-30-53-83)101-70-99(88)107-95-58-54-84(103(76-38-15-3-16-39-76)77-40-17-4-18-41-77)65-89(95)90-66-85(55-59-96(90)107)104(78-42-19-5-20-43-78)79-44-21-6-22-45-79/h1-70H. The van der Waals surface area contributed by atoms with Gasteiger partial charge in [0.15, 0.2) is 0 Å². The van der Waals surface area contributed by atoms with Crippen molar-refractivity contribution >= 4 is 112 Å². The van der Waals surface area contributed by atoms with Gasteiger partial charge < -0.3 is 24.2 Å². The van der Waals surface area contributed by atoms with Crippen molar-refractivity contribution in [3.8, 4) is 56.3 Å². The zero-order valence-electron chi connectivity index (χ0n) is 59.0. The first-order valence-corrected chi connectivity index (χ1v) is 36.6. The van der Waals surface area contributed by atoms with Crippen LogP contribution in [0.2, 0.25) is 0 Å². The Balaban J connectivity index is 0.880. The van der Waals surface area contributed by atoms with Crippen LogP contribution in [0.25, 0.3) is 99.9 Å². The summed E-state index contributed by atoms with van der Waals surface area (Å²) in [5.41, 5.74) is 25.5. The smallest absolute Gasteiger partial charge is 0.138 e. The first-order valence-electron chi connectivity index (χ1n) is 36.6. The van der Waals surface area contributed by atoms with Gasteiger partial charge in [-0.1, -0.05) is 224 Å². The van der Waals surface area contributed by atoms with E-state index in [1.54, 1.807) is 0 Å². The number of aromatic nitrogens is 4. The molecule has 0 saturated heterocycles. The molecule has 0 spiro atoms. The summed E-state index contributed by atoms with van der Waals surface area (Å²) in [4.78, 5) is 20.5. The van der Waals surface area contributed by atoms with Crippen molar-refractivity contribution in [2.75, 3.05) is 19.6 Å². The Morgan fingerprint density at radius 1 is 0.194 bits per heavy atom. The number of hydrogen-bond acceptors (Lipinski definition) is 6. The zero-order chi connectivity index (χ0) is 71.7. The molecule has 0 unspecified atom stereocenters. The lowest BCUT2D eigenvalue weighted by Crippen LogP contribution is -2.09. The molecule has 4 aromatic heterocycles. The second kappa shape index (κ2) is 28.2. The number of benzene rings is 15. The second-order valence-corrected chi connectivity index (χ2v) is 27.0. The van der Waals surface area contributed by atoms with Crippen molar-refractivity contribution < 1.29 is 0 Å². The molecule has 108 heavy (non-hydrogen) atoms. The first kappa shape index (κ1) is 64.3. The number of fused-ring (bicyclic) bond motifs is 6. The summed E-state index contributed by atoms with van der Waals surface area (Å²) in [6, 6.07) is 150. The van der Waals surface area contributed by atoms with Gasteiger partial charge in [-0.2, -0.15) is 0 Å². The molecule has 510 valence electrons. The Hall–Kier alpha value is -14.6. The van der Waals surface area contributed by atoms with E-state index in [4.69, 9.17) is 9.97 Å². The molecule has 19 rings (SSSR count). The van der Waals surface area contributed by atoms with Crippen LogP contribution in [0.15, 0.2) is 425 Å². The Morgan fingerprint density at radius 3 is 0.769 bits per heavy atom. The summed E-state index contributed by atoms with van der Waals surface area (Å²) < 4.78 is 4.82. The Bertz CT molecular complexity index is 5910. The molecule has 15 aromatic carbocycles. The molecule has 0 aliphatic heterocycles. The molecule has 0 saturated carbocycles. The SMILES string of the molecule is c1ccc(-c2cc(-c3cccc(-c4cc(-n5c6ccc(N(c7ccccc7)c7ccccc7)cc6c6cc(N(c7ccccc7)c7ccccc7)ccc65)ncc4-n4c5ccc(N(c6ccccc6)c6ccccc6)cc5c5cc(N(c6ccccc6)c6ccccc6)ccc54)c3)cc(-c3ccccc3)n2)cc1. The van der Waals surface area contributed by atoms with Crippen molar-refractivity contribution in [3.63, 3.8) is 0 Å². The van der Waals surface area contributed by atoms with Crippen LogP contribution in [0.3, 0.4) is 0 Å². The average molecular weight is 1380 g/mol. The van der Waals surface area contributed by atoms with Gasteiger partial charge in [-0.05, 0) is 211 Å². The maximum atomic E-state index is 5.80. The van der Waals surface area contributed by atoms with Gasteiger partial charge in [-0.3, -0.25) is 4.57 Å². The van der Waals surface area contributed by atoms with Gasteiger partial charge in [0.2, 0.25) is 0 Å². The van der Waals surface area contributed by atoms with Crippen LogP contribution in [0.1, 0.15) is 0 Å². The number of para-hydroxylation sites is 8. The molecule has 0 radical (unpaired) electrons. The third kappa shape index (κ3) is 12.1.